The number of methoxy groups -OCH3 is 1. The molecule has 0 aliphatic heterocycles. The molecular formula is C14H13N7OS. The lowest BCUT2D eigenvalue weighted by molar-refractivity contribution is 0.415. The molecule has 4 aromatic rings. The van der Waals surface area contributed by atoms with E-state index in [9.17, 15) is 0 Å². The minimum absolute atomic E-state index is 0.533. The molecule has 3 heterocycles. The average Bonchev–Trinajstić information content (AvgIpc) is 3.24. The summed E-state index contributed by atoms with van der Waals surface area (Å²) < 4.78 is 5.29. The minimum Gasteiger partial charge on any atom is -0.497 e. The second-order valence-electron chi connectivity index (χ2n) is 4.80. The van der Waals surface area contributed by atoms with Crippen LogP contribution in [0.25, 0.3) is 21.8 Å². The topological polar surface area (TPSA) is 104 Å². The highest BCUT2D eigenvalue weighted by Gasteiger charge is 2.12. The first-order valence-corrected chi connectivity index (χ1v) is 8.05. The van der Waals surface area contributed by atoms with E-state index in [0.29, 0.717) is 16.9 Å². The van der Waals surface area contributed by atoms with Crippen LogP contribution in [0.4, 0.5) is 11.8 Å². The van der Waals surface area contributed by atoms with Gasteiger partial charge in [-0.25, -0.2) is 10.1 Å². The van der Waals surface area contributed by atoms with Crippen LogP contribution in [-0.2, 0) is 0 Å². The number of hydrogen-bond donors (Lipinski definition) is 3. The molecule has 0 radical (unpaired) electrons. The molecule has 0 unspecified atom stereocenters. The maximum absolute atomic E-state index is 5.29. The Balaban J connectivity index is 1.86. The Morgan fingerprint density at radius 2 is 2.09 bits per heavy atom. The molecule has 9 heteroatoms. The second kappa shape index (κ2) is 5.43. The van der Waals surface area contributed by atoms with Crippen molar-refractivity contribution in [3.8, 4) is 5.75 Å². The van der Waals surface area contributed by atoms with Crippen LogP contribution in [-0.4, -0.2) is 43.7 Å². The molecule has 0 aliphatic carbocycles. The molecule has 0 saturated carbocycles. The van der Waals surface area contributed by atoms with Crippen molar-refractivity contribution in [2.24, 2.45) is 0 Å². The van der Waals surface area contributed by atoms with Gasteiger partial charge in [-0.3, -0.25) is 5.10 Å². The molecule has 0 bridgehead atoms. The van der Waals surface area contributed by atoms with Gasteiger partial charge in [0, 0.05) is 10.8 Å². The quantitative estimate of drug-likeness (QED) is 0.495. The highest BCUT2D eigenvalue weighted by molar-refractivity contribution is 7.98. The number of hydrogen-bond acceptors (Lipinski definition) is 7. The fraction of sp³-hybridized carbons (Fsp3) is 0.143. The predicted molar refractivity (Wildman–Crippen MR) is 89.4 cm³/mol. The summed E-state index contributed by atoms with van der Waals surface area (Å²) in [5.41, 5.74) is 1.64. The number of aromatic nitrogens is 6. The number of anilines is 2. The molecule has 0 atom stereocenters. The number of aromatic amines is 2. The number of ether oxygens (including phenoxy) is 1. The van der Waals surface area contributed by atoms with Gasteiger partial charge >= 0.3 is 0 Å². The van der Waals surface area contributed by atoms with Gasteiger partial charge in [-0.15, -0.1) is 5.10 Å². The second-order valence-corrected chi connectivity index (χ2v) is 5.57. The van der Waals surface area contributed by atoms with Crippen LogP contribution in [0.2, 0.25) is 0 Å². The van der Waals surface area contributed by atoms with Crippen LogP contribution < -0.4 is 10.1 Å². The van der Waals surface area contributed by atoms with Crippen molar-refractivity contribution in [3.05, 3.63) is 24.4 Å². The van der Waals surface area contributed by atoms with Crippen LogP contribution in [0.15, 0.2) is 29.6 Å². The Labute approximate surface area is 135 Å². The Bertz CT molecular complexity index is 993. The van der Waals surface area contributed by atoms with Gasteiger partial charge < -0.3 is 10.1 Å². The van der Waals surface area contributed by atoms with Crippen molar-refractivity contribution in [3.63, 3.8) is 0 Å². The monoisotopic (exact) mass is 327 g/mol. The van der Waals surface area contributed by atoms with Crippen LogP contribution in [0, 0.1) is 0 Å². The molecule has 0 amide bonds. The number of rotatable bonds is 4. The molecule has 1 aromatic carbocycles. The average molecular weight is 327 g/mol. The molecule has 116 valence electrons. The number of nitrogens with one attached hydrogen (secondary N) is 3. The van der Waals surface area contributed by atoms with Gasteiger partial charge in [0.15, 0.2) is 5.82 Å². The van der Waals surface area contributed by atoms with Gasteiger partial charge in [0.25, 0.3) is 0 Å². The molecule has 3 N–H and O–H groups in total. The van der Waals surface area contributed by atoms with Gasteiger partial charge in [-0.2, -0.15) is 10.1 Å². The molecule has 0 spiro atoms. The molecule has 4 rings (SSSR count). The van der Waals surface area contributed by atoms with Crippen molar-refractivity contribution < 1.29 is 4.74 Å². The molecule has 0 aliphatic rings. The third-order valence-corrected chi connectivity index (χ3v) is 4.03. The summed E-state index contributed by atoms with van der Waals surface area (Å²) in [5, 5.41) is 19.8. The number of thioether (sulfide) groups is 1. The predicted octanol–water partition coefficient (Wildman–Crippen LogP) is 2.70. The number of H-pyrrole nitrogens is 2. The summed E-state index contributed by atoms with van der Waals surface area (Å²) in [6, 6.07) is 5.75. The first-order chi connectivity index (χ1) is 11.3. The lowest BCUT2D eigenvalue weighted by Crippen LogP contribution is -1.98. The summed E-state index contributed by atoms with van der Waals surface area (Å²) in [6.07, 6.45) is 3.69. The van der Waals surface area contributed by atoms with Gasteiger partial charge in [-0.1, -0.05) is 11.8 Å². The van der Waals surface area contributed by atoms with E-state index in [1.165, 1.54) is 11.8 Å². The van der Waals surface area contributed by atoms with Crippen molar-refractivity contribution >= 4 is 45.3 Å². The van der Waals surface area contributed by atoms with Gasteiger partial charge in [0.05, 0.1) is 18.8 Å². The number of pyridine rings is 1. The van der Waals surface area contributed by atoms with E-state index in [4.69, 9.17) is 4.74 Å². The highest BCUT2D eigenvalue weighted by atomic mass is 32.2. The SMILES string of the molecule is COc1ccc2nc(Nc3nc(SC)n[nH]3)c3[nH]ncc3c2c1. The molecule has 8 nitrogen and oxygen atoms in total. The summed E-state index contributed by atoms with van der Waals surface area (Å²) >= 11 is 1.46. The van der Waals surface area contributed by atoms with E-state index in [-0.39, 0.29) is 0 Å². The Morgan fingerprint density at radius 3 is 2.87 bits per heavy atom. The van der Waals surface area contributed by atoms with E-state index < -0.39 is 0 Å². The van der Waals surface area contributed by atoms with Crippen molar-refractivity contribution in [2.45, 2.75) is 5.16 Å². The summed E-state index contributed by atoms with van der Waals surface area (Å²) in [7, 11) is 1.64. The Morgan fingerprint density at radius 1 is 1.17 bits per heavy atom. The lowest BCUT2D eigenvalue weighted by Gasteiger charge is -2.07. The highest BCUT2D eigenvalue weighted by Crippen LogP contribution is 2.31. The molecular weight excluding hydrogens is 314 g/mol. The first-order valence-electron chi connectivity index (χ1n) is 6.82. The number of benzene rings is 1. The van der Waals surface area contributed by atoms with E-state index >= 15 is 0 Å². The Kier molecular flexibility index (Phi) is 3.27. The normalized spacial score (nSPS) is 11.2. The van der Waals surface area contributed by atoms with Crippen molar-refractivity contribution in [1.29, 1.82) is 0 Å². The summed E-state index contributed by atoms with van der Waals surface area (Å²) in [4.78, 5) is 8.96. The van der Waals surface area contributed by atoms with Crippen LogP contribution in [0.3, 0.4) is 0 Å². The van der Waals surface area contributed by atoms with E-state index in [2.05, 4.69) is 35.7 Å². The third kappa shape index (κ3) is 2.34. The maximum Gasteiger partial charge on any atom is 0.225 e. The van der Waals surface area contributed by atoms with Gasteiger partial charge in [-0.05, 0) is 24.5 Å². The molecule has 0 saturated heterocycles. The standard InChI is InChI=1S/C14H13N7OS/c1-22-7-3-4-10-8(5-7)9-6-15-19-11(9)12(16-10)17-13-18-14(23-2)21-20-13/h3-6H,1-2H3,(H,15,19)(H2,16,17,18,20,21). The van der Waals surface area contributed by atoms with Crippen LogP contribution >= 0.6 is 11.8 Å². The zero-order valence-electron chi connectivity index (χ0n) is 12.4. The third-order valence-electron chi connectivity index (χ3n) is 3.49. The fourth-order valence-corrected chi connectivity index (χ4v) is 2.72. The van der Waals surface area contributed by atoms with E-state index in [0.717, 1.165) is 27.6 Å². The Hall–Kier alpha value is -2.81. The molecule has 23 heavy (non-hydrogen) atoms. The van der Waals surface area contributed by atoms with Gasteiger partial charge in [0.1, 0.15) is 11.3 Å². The smallest absolute Gasteiger partial charge is 0.225 e. The number of nitrogens with zero attached hydrogens (tertiary/aromatic N) is 4. The van der Waals surface area contributed by atoms with E-state index in [1.807, 2.05) is 24.5 Å². The molecule has 0 fully saturated rings. The summed E-state index contributed by atoms with van der Waals surface area (Å²) in [6.45, 7) is 0. The zero-order valence-corrected chi connectivity index (χ0v) is 13.2. The molecule has 3 aromatic heterocycles. The van der Waals surface area contributed by atoms with E-state index in [1.54, 1.807) is 13.3 Å². The van der Waals surface area contributed by atoms with Gasteiger partial charge in [0.2, 0.25) is 11.1 Å². The van der Waals surface area contributed by atoms with Crippen molar-refractivity contribution in [1.82, 2.24) is 30.4 Å². The largest absolute Gasteiger partial charge is 0.497 e. The fourth-order valence-electron chi connectivity index (χ4n) is 2.40. The first kappa shape index (κ1) is 13.8. The number of fused-ring (bicyclic) bond motifs is 3. The van der Waals surface area contributed by atoms with Crippen molar-refractivity contribution in [2.75, 3.05) is 18.7 Å². The van der Waals surface area contributed by atoms with Crippen LogP contribution in [0.1, 0.15) is 0 Å². The summed E-state index contributed by atoms with van der Waals surface area (Å²) in [5.74, 6) is 1.95. The van der Waals surface area contributed by atoms with Crippen LogP contribution in [0.5, 0.6) is 5.75 Å². The minimum atomic E-state index is 0.533. The maximum atomic E-state index is 5.29. The zero-order chi connectivity index (χ0) is 15.8. The lowest BCUT2D eigenvalue weighted by atomic mass is 10.1.